The van der Waals surface area contributed by atoms with Gasteiger partial charge in [0.25, 0.3) is 5.91 Å². The van der Waals surface area contributed by atoms with Crippen molar-refractivity contribution in [3.63, 3.8) is 0 Å². The van der Waals surface area contributed by atoms with Crippen LogP contribution in [-0.4, -0.2) is 59.3 Å². The molecule has 0 radical (unpaired) electrons. The van der Waals surface area contributed by atoms with E-state index in [0.29, 0.717) is 27.9 Å². The van der Waals surface area contributed by atoms with E-state index in [-0.39, 0.29) is 18.6 Å². The Hall–Kier alpha value is -2.25. The van der Waals surface area contributed by atoms with E-state index in [1.807, 2.05) is 30.5 Å². The number of piperidine rings is 1. The van der Waals surface area contributed by atoms with Crippen LogP contribution in [0.5, 0.6) is 5.75 Å². The van der Waals surface area contributed by atoms with Gasteiger partial charge in [0, 0.05) is 54.9 Å². The molecule has 31 heavy (non-hydrogen) atoms. The molecule has 4 rings (SSSR count). The molecule has 2 aromatic carbocycles. The molecular formula is C23H25Cl2N3O3. The van der Waals surface area contributed by atoms with E-state index >= 15 is 0 Å². The van der Waals surface area contributed by atoms with Gasteiger partial charge in [-0.3, -0.25) is 4.79 Å². The van der Waals surface area contributed by atoms with E-state index in [0.717, 1.165) is 36.8 Å². The number of amides is 1. The minimum Gasteiger partial charge on any atom is -0.490 e. The number of hydrogen-bond donors (Lipinski definition) is 3. The first-order valence-electron chi connectivity index (χ1n) is 10.4. The second kappa shape index (κ2) is 9.92. The van der Waals surface area contributed by atoms with Gasteiger partial charge in [-0.15, -0.1) is 0 Å². The fraction of sp³-hybridized carbons (Fsp3) is 0.348. The Morgan fingerprint density at radius 2 is 2.00 bits per heavy atom. The second-order valence-corrected chi connectivity index (χ2v) is 8.62. The Balaban J connectivity index is 1.21. The maximum atomic E-state index is 12.5. The predicted octanol–water partition coefficient (Wildman–Crippen LogP) is 4.11. The van der Waals surface area contributed by atoms with Gasteiger partial charge < -0.3 is 25.0 Å². The van der Waals surface area contributed by atoms with Gasteiger partial charge in [-0.25, -0.2) is 0 Å². The number of aliphatic hydroxyl groups excluding tert-OH is 1. The molecule has 1 aliphatic heterocycles. The molecule has 164 valence electrons. The minimum absolute atomic E-state index is 0.104. The highest BCUT2D eigenvalue weighted by atomic mass is 35.5. The van der Waals surface area contributed by atoms with E-state index in [2.05, 4.69) is 15.2 Å². The highest BCUT2D eigenvalue weighted by Crippen LogP contribution is 2.28. The van der Waals surface area contributed by atoms with Crippen molar-refractivity contribution in [3.05, 3.63) is 64.3 Å². The molecule has 1 saturated heterocycles. The first-order valence-corrected chi connectivity index (χ1v) is 11.1. The second-order valence-electron chi connectivity index (χ2n) is 7.80. The quantitative estimate of drug-likeness (QED) is 0.494. The zero-order valence-electron chi connectivity index (χ0n) is 17.0. The number of carbonyl (C=O) groups excluding carboxylic acids is 1. The summed E-state index contributed by atoms with van der Waals surface area (Å²) >= 11 is 12.0. The average Bonchev–Trinajstić information content (AvgIpc) is 3.25. The van der Waals surface area contributed by atoms with E-state index in [1.165, 1.54) is 0 Å². The number of aromatic nitrogens is 1. The molecule has 2 heterocycles. The summed E-state index contributed by atoms with van der Waals surface area (Å²) in [6.45, 7) is 2.35. The Labute approximate surface area is 191 Å². The molecule has 6 nitrogen and oxygen atoms in total. The van der Waals surface area contributed by atoms with Crippen LogP contribution in [0, 0.1) is 0 Å². The van der Waals surface area contributed by atoms with E-state index in [4.69, 9.17) is 27.9 Å². The fourth-order valence-corrected chi connectivity index (χ4v) is 4.19. The van der Waals surface area contributed by atoms with E-state index in [1.54, 1.807) is 18.2 Å². The molecule has 3 N–H and O–H groups in total. The third-order valence-corrected chi connectivity index (χ3v) is 6.27. The minimum atomic E-state index is -0.637. The van der Waals surface area contributed by atoms with Crippen LogP contribution >= 0.6 is 23.2 Å². The normalized spacial score (nSPS) is 16.4. The molecule has 0 saturated carbocycles. The van der Waals surface area contributed by atoms with Gasteiger partial charge in [0.1, 0.15) is 11.9 Å². The fourth-order valence-electron chi connectivity index (χ4n) is 3.90. The summed E-state index contributed by atoms with van der Waals surface area (Å²) < 4.78 is 6.01. The molecule has 1 fully saturated rings. The van der Waals surface area contributed by atoms with Crippen molar-refractivity contribution >= 4 is 40.0 Å². The number of halogens is 2. The van der Waals surface area contributed by atoms with Crippen LogP contribution in [0.3, 0.4) is 0 Å². The maximum Gasteiger partial charge on any atom is 0.252 e. The third kappa shape index (κ3) is 5.52. The number of ether oxygens (including phenoxy) is 1. The predicted molar refractivity (Wildman–Crippen MR) is 123 cm³/mol. The SMILES string of the molecule is O=C(NC[C@@H](O)CN1CCC(Oc2ccc(Cl)c(Cl)c2)CC1)c1cccc2[nH]ccc12. The molecule has 3 aromatic rings. The van der Waals surface area contributed by atoms with Crippen LogP contribution in [0.15, 0.2) is 48.7 Å². The standard InChI is InChI=1S/C23H25Cl2N3O3/c24-20-5-4-17(12-21(20)25)31-16-7-10-28(11-8-16)14-15(29)13-27-23(30)19-2-1-3-22-18(19)6-9-26-22/h1-6,9,12,15-16,26,29H,7-8,10-11,13-14H2,(H,27,30)/t15-/m1/s1. The van der Waals surface area contributed by atoms with Crippen molar-refractivity contribution in [2.45, 2.75) is 25.0 Å². The molecule has 0 spiro atoms. The lowest BCUT2D eigenvalue weighted by Gasteiger charge is -2.33. The lowest BCUT2D eigenvalue weighted by molar-refractivity contribution is 0.0594. The number of H-pyrrole nitrogens is 1. The molecule has 1 aromatic heterocycles. The number of benzene rings is 2. The number of nitrogens with zero attached hydrogens (tertiary/aromatic N) is 1. The number of fused-ring (bicyclic) bond motifs is 1. The number of β-amino-alcohol motifs (C(OH)–C–C–N with tert-alkyl or cyclic N) is 1. The van der Waals surface area contributed by atoms with Gasteiger partial charge in [-0.2, -0.15) is 0 Å². The Morgan fingerprint density at radius 1 is 1.19 bits per heavy atom. The third-order valence-electron chi connectivity index (χ3n) is 5.54. The van der Waals surface area contributed by atoms with Gasteiger partial charge in [-0.1, -0.05) is 29.3 Å². The average molecular weight is 462 g/mol. The van der Waals surface area contributed by atoms with Crippen molar-refractivity contribution in [2.75, 3.05) is 26.2 Å². The smallest absolute Gasteiger partial charge is 0.252 e. The van der Waals surface area contributed by atoms with Crippen LogP contribution < -0.4 is 10.1 Å². The van der Waals surface area contributed by atoms with Crippen LogP contribution in [-0.2, 0) is 0 Å². The molecule has 1 amide bonds. The van der Waals surface area contributed by atoms with Crippen LogP contribution in [0.2, 0.25) is 10.0 Å². The van der Waals surface area contributed by atoms with Crippen molar-refractivity contribution in [1.29, 1.82) is 0 Å². The van der Waals surface area contributed by atoms with Crippen LogP contribution in [0.25, 0.3) is 10.9 Å². The first kappa shape index (κ1) is 22.0. The maximum absolute atomic E-state index is 12.5. The summed E-state index contributed by atoms with van der Waals surface area (Å²) in [5.74, 6) is 0.533. The summed E-state index contributed by atoms with van der Waals surface area (Å²) in [4.78, 5) is 17.8. The van der Waals surface area contributed by atoms with Gasteiger partial charge in [-0.05, 0) is 43.2 Å². The number of rotatable bonds is 7. The summed E-state index contributed by atoms with van der Waals surface area (Å²) in [6, 6.07) is 12.7. The monoisotopic (exact) mass is 461 g/mol. The number of carbonyl (C=O) groups is 1. The van der Waals surface area contributed by atoms with E-state index in [9.17, 15) is 9.90 Å². The number of aromatic amines is 1. The van der Waals surface area contributed by atoms with Crippen molar-refractivity contribution in [3.8, 4) is 5.75 Å². The van der Waals surface area contributed by atoms with Crippen LogP contribution in [0.4, 0.5) is 0 Å². The molecular weight excluding hydrogens is 437 g/mol. The lowest BCUT2D eigenvalue weighted by Crippen LogP contribution is -2.45. The molecule has 1 atom stereocenters. The first-order chi connectivity index (χ1) is 15.0. The number of likely N-dealkylation sites (tertiary alicyclic amines) is 1. The number of nitrogens with one attached hydrogen (secondary N) is 2. The summed E-state index contributed by atoms with van der Waals surface area (Å²) in [6.07, 6.45) is 2.99. The van der Waals surface area contributed by atoms with Crippen molar-refractivity contribution in [1.82, 2.24) is 15.2 Å². The summed E-state index contributed by atoms with van der Waals surface area (Å²) in [5.41, 5.74) is 1.52. The Morgan fingerprint density at radius 3 is 2.77 bits per heavy atom. The Kier molecular flexibility index (Phi) is 7.02. The summed E-state index contributed by atoms with van der Waals surface area (Å²) in [5, 5.41) is 15.1. The van der Waals surface area contributed by atoms with E-state index < -0.39 is 6.10 Å². The van der Waals surface area contributed by atoms with Gasteiger partial charge in [0.15, 0.2) is 0 Å². The highest BCUT2D eigenvalue weighted by Gasteiger charge is 2.23. The Bertz CT molecular complexity index is 1050. The van der Waals surface area contributed by atoms with Gasteiger partial charge in [0.05, 0.1) is 16.1 Å². The summed E-state index contributed by atoms with van der Waals surface area (Å²) in [7, 11) is 0. The van der Waals surface area contributed by atoms with Gasteiger partial charge in [0.2, 0.25) is 0 Å². The lowest BCUT2D eigenvalue weighted by atomic mass is 10.1. The number of hydrogen-bond acceptors (Lipinski definition) is 4. The topological polar surface area (TPSA) is 77.6 Å². The zero-order valence-corrected chi connectivity index (χ0v) is 18.5. The van der Waals surface area contributed by atoms with Crippen LogP contribution in [0.1, 0.15) is 23.2 Å². The molecule has 0 bridgehead atoms. The molecule has 1 aliphatic rings. The highest BCUT2D eigenvalue weighted by molar-refractivity contribution is 6.42. The van der Waals surface area contributed by atoms with Crippen molar-refractivity contribution < 1.29 is 14.6 Å². The largest absolute Gasteiger partial charge is 0.490 e. The number of aliphatic hydroxyl groups is 1. The molecule has 0 aliphatic carbocycles. The zero-order chi connectivity index (χ0) is 21.8. The van der Waals surface area contributed by atoms with Crippen molar-refractivity contribution in [2.24, 2.45) is 0 Å². The van der Waals surface area contributed by atoms with Gasteiger partial charge >= 0.3 is 0 Å². The molecule has 0 unspecified atom stereocenters. The molecule has 8 heteroatoms.